The Labute approximate surface area is 151 Å². The highest BCUT2D eigenvalue weighted by Gasteiger charge is 2.34. The maximum atomic E-state index is 12.7. The van der Waals surface area contributed by atoms with E-state index >= 15 is 0 Å². The third-order valence-corrected chi connectivity index (χ3v) is 5.44. The van der Waals surface area contributed by atoms with E-state index in [4.69, 9.17) is 10.5 Å². The molecule has 0 radical (unpaired) electrons. The van der Waals surface area contributed by atoms with Crippen molar-refractivity contribution >= 4 is 5.91 Å². The summed E-state index contributed by atoms with van der Waals surface area (Å²) < 4.78 is 5.79. The highest BCUT2D eigenvalue weighted by Crippen LogP contribution is 2.23. The molecule has 2 fully saturated rings. The molecule has 3 atom stereocenters. The van der Waals surface area contributed by atoms with Crippen molar-refractivity contribution in [3.63, 3.8) is 0 Å². The molecule has 3 rings (SSSR count). The van der Waals surface area contributed by atoms with Gasteiger partial charge in [0.2, 0.25) is 0 Å². The molecule has 2 saturated heterocycles. The number of hydrogen-bond acceptors (Lipinski definition) is 4. The fourth-order valence-corrected chi connectivity index (χ4v) is 4.00. The van der Waals surface area contributed by atoms with E-state index in [0.717, 1.165) is 52.0 Å². The summed E-state index contributed by atoms with van der Waals surface area (Å²) in [5.74, 6) is 0.708. The van der Waals surface area contributed by atoms with Gasteiger partial charge in [-0.2, -0.15) is 0 Å². The summed E-state index contributed by atoms with van der Waals surface area (Å²) in [6, 6.07) is 10.6. The summed E-state index contributed by atoms with van der Waals surface area (Å²) in [7, 11) is 0. The van der Waals surface area contributed by atoms with Gasteiger partial charge < -0.3 is 15.4 Å². The molecule has 1 amide bonds. The van der Waals surface area contributed by atoms with Crippen LogP contribution in [-0.4, -0.2) is 60.6 Å². The number of nitrogens with zero attached hydrogens (tertiary/aromatic N) is 2. The van der Waals surface area contributed by atoms with Crippen LogP contribution in [0.25, 0.3) is 0 Å². The van der Waals surface area contributed by atoms with Crippen LogP contribution in [0.1, 0.15) is 31.7 Å². The van der Waals surface area contributed by atoms with Crippen LogP contribution in [0.5, 0.6) is 0 Å². The smallest absolute Gasteiger partial charge is 0.251 e. The summed E-state index contributed by atoms with van der Waals surface area (Å²) in [6.07, 6.45) is 2.64. The van der Waals surface area contributed by atoms with Gasteiger partial charge in [0, 0.05) is 32.7 Å². The van der Waals surface area contributed by atoms with Crippen molar-refractivity contribution in [2.24, 2.45) is 11.7 Å². The van der Waals surface area contributed by atoms with E-state index in [9.17, 15) is 4.79 Å². The average molecular weight is 345 g/mol. The van der Waals surface area contributed by atoms with Crippen LogP contribution in [0.3, 0.4) is 0 Å². The minimum Gasteiger partial charge on any atom is -0.364 e. The number of nitrogens with two attached hydrogens (primary N) is 1. The molecule has 5 heteroatoms. The third kappa shape index (κ3) is 4.81. The van der Waals surface area contributed by atoms with Gasteiger partial charge in [-0.25, -0.2) is 0 Å². The molecule has 2 aliphatic heterocycles. The first-order valence-corrected chi connectivity index (χ1v) is 9.60. The zero-order valence-corrected chi connectivity index (χ0v) is 15.3. The molecule has 0 spiro atoms. The lowest BCUT2D eigenvalue weighted by Crippen LogP contribution is -2.42. The summed E-state index contributed by atoms with van der Waals surface area (Å²) in [5, 5.41) is 0. The number of likely N-dealkylation sites (tertiary alicyclic amines) is 1. The number of likely N-dealkylation sites (N-methyl/N-ethyl adjacent to an activating group) is 1. The number of benzene rings is 1. The van der Waals surface area contributed by atoms with Crippen molar-refractivity contribution in [3.05, 3.63) is 35.9 Å². The number of amides is 1. The molecule has 0 aromatic heterocycles. The molecule has 2 heterocycles. The van der Waals surface area contributed by atoms with Crippen LogP contribution < -0.4 is 5.73 Å². The van der Waals surface area contributed by atoms with E-state index in [2.05, 4.69) is 42.2 Å². The van der Waals surface area contributed by atoms with E-state index < -0.39 is 0 Å². The largest absolute Gasteiger partial charge is 0.364 e. The average Bonchev–Trinajstić information content (AvgIpc) is 3.29. The number of ether oxygens (including phenoxy) is 1. The highest BCUT2D eigenvalue weighted by atomic mass is 16.5. The molecule has 0 aliphatic carbocycles. The van der Waals surface area contributed by atoms with Crippen LogP contribution in [-0.2, 0) is 16.1 Å². The monoisotopic (exact) mass is 345 g/mol. The Bertz CT molecular complexity index is 551. The van der Waals surface area contributed by atoms with E-state index in [1.54, 1.807) is 0 Å². The molecule has 0 saturated carbocycles. The lowest BCUT2D eigenvalue weighted by Gasteiger charge is -2.27. The van der Waals surface area contributed by atoms with Crippen LogP contribution in [0.2, 0.25) is 0 Å². The van der Waals surface area contributed by atoms with E-state index in [0.29, 0.717) is 12.5 Å². The van der Waals surface area contributed by atoms with E-state index in [1.807, 2.05) is 4.90 Å². The molecule has 0 bridgehead atoms. The van der Waals surface area contributed by atoms with Gasteiger partial charge in [0.05, 0.1) is 6.10 Å². The third-order valence-electron chi connectivity index (χ3n) is 5.44. The lowest BCUT2D eigenvalue weighted by molar-refractivity contribution is -0.143. The fraction of sp³-hybridized carbons (Fsp3) is 0.650. The molecule has 2 N–H and O–H groups in total. The second kappa shape index (κ2) is 8.79. The van der Waals surface area contributed by atoms with Crippen LogP contribution in [0.4, 0.5) is 0 Å². The predicted molar refractivity (Wildman–Crippen MR) is 99.0 cm³/mol. The van der Waals surface area contributed by atoms with Crippen molar-refractivity contribution in [2.75, 3.05) is 32.7 Å². The van der Waals surface area contributed by atoms with Crippen molar-refractivity contribution in [1.82, 2.24) is 9.80 Å². The van der Waals surface area contributed by atoms with Gasteiger partial charge in [-0.3, -0.25) is 9.69 Å². The first-order chi connectivity index (χ1) is 12.2. The normalized spacial score (nSPS) is 26.9. The highest BCUT2D eigenvalue weighted by molar-refractivity contribution is 5.81. The SMILES string of the molecule is CCN(CC1CCN(Cc2ccccc2)C1)C(=O)[C@@H]1CC[C@H](CN)O1. The Morgan fingerprint density at radius 3 is 2.76 bits per heavy atom. The van der Waals surface area contributed by atoms with Gasteiger partial charge >= 0.3 is 0 Å². The lowest BCUT2D eigenvalue weighted by atomic mass is 10.1. The van der Waals surface area contributed by atoms with E-state index in [1.165, 1.54) is 5.56 Å². The number of carbonyl (C=O) groups is 1. The Hall–Kier alpha value is -1.43. The second-order valence-electron chi connectivity index (χ2n) is 7.31. The minimum atomic E-state index is -0.282. The number of carbonyl (C=O) groups excluding carboxylic acids is 1. The Morgan fingerprint density at radius 1 is 1.28 bits per heavy atom. The van der Waals surface area contributed by atoms with Gasteiger partial charge in [-0.05, 0) is 44.2 Å². The molecule has 138 valence electrons. The molecular formula is C20H31N3O2. The first-order valence-electron chi connectivity index (χ1n) is 9.60. The van der Waals surface area contributed by atoms with Gasteiger partial charge in [-0.1, -0.05) is 30.3 Å². The van der Waals surface area contributed by atoms with Crippen LogP contribution in [0, 0.1) is 5.92 Å². The fourth-order valence-electron chi connectivity index (χ4n) is 4.00. The zero-order valence-electron chi connectivity index (χ0n) is 15.3. The Balaban J connectivity index is 1.48. The van der Waals surface area contributed by atoms with Gasteiger partial charge in [0.1, 0.15) is 6.10 Å². The molecule has 1 unspecified atom stereocenters. The topological polar surface area (TPSA) is 58.8 Å². The van der Waals surface area contributed by atoms with Crippen LogP contribution in [0.15, 0.2) is 30.3 Å². The number of rotatable bonds is 7. The molecule has 1 aromatic carbocycles. The quantitative estimate of drug-likeness (QED) is 0.819. The summed E-state index contributed by atoms with van der Waals surface area (Å²) in [6.45, 7) is 7.34. The maximum Gasteiger partial charge on any atom is 0.251 e. The van der Waals surface area contributed by atoms with Crippen molar-refractivity contribution in [1.29, 1.82) is 0 Å². The zero-order chi connectivity index (χ0) is 17.6. The van der Waals surface area contributed by atoms with Crippen molar-refractivity contribution in [3.8, 4) is 0 Å². The minimum absolute atomic E-state index is 0.0560. The molecule has 1 aromatic rings. The van der Waals surface area contributed by atoms with E-state index in [-0.39, 0.29) is 18.1 Å². The van der Waals surface area contributed by atoms with Gasteiger partial charge in [-0.15, -0.1) is 0 Å². The Kier molecular flexibility index (Phi) is 6.45. The summed E-state index contributed by atoms with van der Waals surface area (Å²) in [5.41, 5.74) is 7.02. The molecule has 25 heavy (non-hydrogen) atoms. The first kappa shape index (κ1) is 18.4. The number of hydrogen-bond donors (Lipinski definition) is 1. The van der Waals surface area contributed by atoms with Gasteiger partial charge in [0.15, 0.2) is 0 Å². The Morgan fingerprint density at radius 2 is 2.08 bits per heavy atom. The molecule has 5 nitrogen and oxygen atoms in total. The second-order valence-corrected chi connectivity index (χ2v) is 7.31. The van der Waals surface area contributed by atoms with Crippen LogP contribution >= 0.6 is 0 Å². The standard InChI is InChI=1S/C20H31N3O2/c1-2-23(20(24)19-9-8-18(12-21)25-19)15-17-10-11-22(14-17)13-16-6-4-3-5-7-16/h3-7,17-19H,2,8-15,21H2,1H3/t17?,18-,19+/m1/s1. The van der Waals surface area contributed by atoms with Crippen molar-refractivity contribution < 1.29 is 9.53 Å². The molecule has 2 aliphatic rings. The van der Waals surface area contributed by atoms with Crippen molar-refractivity contribution in [2.45, 2.75) is 44.9 Å². The maximum absolute atomic E-state index is 12.7. The summed E-state index contributed by atoms with van der Waals surface area (Å²) >= 11 is 0. The molecular weight excluding hydrogens is 314 g/mol. The summed E-state index contributed by atoms with van der Waals surface area (Å²) in [4.78, 5) is 17.2. The predicted octanol–water partition coefficient (Wildman–Crippen LogP) is 1.86. The van der Waals surface area contributed by atoms with Gasteiger partial charge in [0.25, 0.3) is 5.91 Å².